The molecule has 2 atom stereocenters. The minimum Gasteiger partial charge on any atom is -0.457 e. The van der Waals surface area contributed by atoms with Gasteiger partial charge in [-0.15, -0.1) is 0 Å². The number of ether oxygens (including phenoxy) is 2. The normalized spacial score (nSPS) is 13.0. The number of carbonyl (C=O) groups excluding carboxylic acids is 1. The highest BCUT2D eigenvalue weighted by molar-refractivity contribution is 6.30. The fourth-order valence-electron chi connectivity index (χ4n) is 3.23. The van der Waals surface area contributed by atoms with Gasteiger partial charge < -0.3 is 9.47 Å². The van der Waals surface area contributed by atoms with E-state index in [1.165, 1.54) is 0 Å². The van der Waals surface area contributed by atoms with E-state index >= 15 is 0 Å². The Morgan fingerprint density at radius 2 is 1.45 bits per heavy atom. The quantitative estimate of drug-likeness (QED) is 0.388. The molecule has 3 aromatic carbocycles. The fourth-order valence-corrected chi connectivity index (χ4v) is 3.36. The number of hydrogen-bond acceptors (Lipinski definition) is 3. The number of hydrogen-bond donors (Lipinski definition) is 0. The lowest BCUT2D eigenvalue weighted by Crippen LogP contribution is -2.22. The molecule has 0 aromatic heterocycles. The number of carbonyl (C=O) groups is 1. The smallest absolute Gasteiger partial charge is 0.314 e. The Morgan fingerprint density at radius 1 is 0.793 bits per heavy atom. The lowest BCUT2D eigenvalue weighted by molar-refractivity contribution is -0.151. The van der Waals surface area contributed by atoms with Gasteiger partial charge in [0.2, 0.25) is 0 Å². The molecule has 0 saturated carbocycles. The Hall–Kier alpha value is -2.78. The number of para-hydroxylation sites is 1. The Labute approximate surface area is 177 Å². The molecule has 0 amide bonds. The van der Waals surface area contributed by atoms with E-state index in [4.69, 9.17) is 21.1 Å². The molecule has 29 heavy (non-hydrogen) atoms. The predicted octanol–water partition coefficient (Wildman–Crippen LogP) is 7.18. The lowest BCUT2D eigenvalue weighted by Gasteiger charge is -2.23. The van der Waals surface area contributed by atoms with E-state index in [-0.39, 0.29) is 17.8 Å². The van der Waals surface area contributed by atoms with Gasteiger partial charge in [0.25, 0.3) is 0 Å². The van der Waals surface area contributed by atoms with Crippen LogP contribution in [-0.4, -0.2) is 5.97 Å². The van der Waals surface area contributed by atoms with E-state index in [2.05, 4.69) is 0 Å². The third-order valence-corrected chi connectivity index (χ3v) is 5.00. The summed E-state index contributed by atoms with van der Waals surface area (Å²) in [5.74, 6) is 0.970. The maximum Gasteiger partial charge on any atom is 0.314 e. The molecular weight excluding hydrogens is 384 g/mol. The summed E-state index contributed by atoms with van der Waals surface area (Å²) in [5.41, 5.74) is 1.79. The van der Waals surface area contributed by atoms with Crippen molar-refractivity contribution in [1.82, 2.24) is 0 Å². The first-order chi connectivity index (χ1) is 13.9. The molecule has 0 aliphatic carbocycles. The van der Waals surface area contributed by atoms with Crippen molar-refractivity contribution in [3.8, 4) is 11.5 Å². The molecule has 0 bridgehead atoms. The van der Waals surface area contributed by atoms with Crippen LogP contribution in [0.4, 0.5) is 0 Å². The SMILES string of the molecule is CC(OC(=O)C(c1ccc(Cl)cc1)C(C)C)c1cccc(Oc2ccccc2)c1. The molecule has 0 fully saturated rings. The predicted molar refractivity (Wildman–Crippen MR) is 116 cm³/mol. The molecule has 0 spiro atoms. The van der Waals surface area contributed by atoms with Crippen LogP contribution >= 0.6 is 11.6 Å². The second-order valence-electron chi connectivity index (χ2n) is 7.34. The van der Waals surface area contributed by atoms with E-state index in [0.29, 0.717) is 10.8 Å². The summed E-state index contributed by atoms with van der Waals surface area (Å²) < 4.78 is 11.7. The van der Waals surface area contributed by atoms with E-state index in [0.717, 1.165) is 16.9 Å². The Balaban J connectivity index is 1.73. The molecule has 3 nitrogen and oxygen atoms in total. The van der Waals surface area contributed by atoms with Gasteiger partial charge in [-0.3, -0.25) is 4.79 Å². The van der Waals surface area contributed by atoms with Gasteiger partial charge in [-0.2, -0.15) is 0 Å². The average Bonchev–Trinajstić information content (AvgIpc) is 2.70. The number of halogens is 1. The van der Waals surface area contributed by atoms with Crippen molar-refractivity contribution in [2.75, 3.05) is 0 Å². The number of rotatable bonds is 7. The van der Waals surface area contributed by atoms with Crippen LogP contribution in [0.25, 0.3) is 0 Å². The van der Waals surface area contributed by atoms with Gasteiger partial charge >= 0.3 is 5.97 Å². The van der Waals surface area contributed by atoms with Crippen molar-refractivity contribution in [2.24, 2.45) is 5.92 Å². The molecule has 3 rings (SSSR count). The van der Waals surface area contributed by atoms with Gasteiger partial charge in [0.15, 0.2) is 0 Å². The number of esters is 1. The van der Waals surface area contributed by atoms with Gasteiger partial charge in [0.05, 0.1) is 5.92 Å². The first-order valence-electron chi connectivity index (χ1n) is 9.73. The highest BCUT2D eigenvalue weighted by atomic mass is 35.5. The zero-order valence-electron chi connectivity index (χ0n) is 16.8. The van der Waals surface area contributed by atoms with E-state index in [9.17, 15) is 4.79 Å². The number of benzene rings is 3. The molecular formula is C25H25ClO3. The van der Waals surface area contributed by atoms with Crippen LogP contribution in [0.1, 0.15) is 43.9 Å². The third kappa shape index (κ3) is 5.61. The molecule has 0 aliphatic heterocycles. The molecule has 150 valence electrons. The zero-order valence-corrected chi connectivity index (χ0v) is 17.6. The van der Waals surface area contributed by atoms with Gasteiger partial charge in [0, 0.05) is 5.02 Å². The molecule has 4 heteroatoms. The topological polar surface area (TPSA) is 35.5 Å². The summed E-state index contributed by atoms with van der Waals surface area (Å²) in [7, 11) is 0. The molecule has 3 aromatic rings. The third-order valence-electron chi connectivity index (χ3n) is 4.75. The largest absolute Gasteiger partial charge is 0.457 e. The van der Waals surface area contributed by atoms with Crippen LogP contribution in [0, 0.1) is 5.92 Å². The highest BCUT2D eigenvalue weighted by Gasteiger charge is 2.27. The van der Waals surface area contributed by atoms with Crippen LogP contribution in [-0.2, 0) is 9.53 Å². The molecule has 2 unspecified atom stereocenters. The molecule has 0 N–H and O–H groups in total. The van der Waals surface area contributed by atoms with Crippen LogP contribution in [0.5, 0.6) is 11.5 Å². The molecule has 0 saturated heterocycles. The van der Waals surface area contributed by atoms with Gasteiger partial charge in [-0.1, -0.05) is 67.9 Å². The zero-order chi connectivity index (χ0) is 20.8. The van der Waals surface area contributed by atoms with Crippen LogP contribution in [0.15, 0.2) is 78.9 Å². The molecule has 0 heterocycles. The maximum absolute atomic E-state index is 12.9. The summed E-state index contributed by atoms with van der Waals surface area (Å²) in [5, 5.41) is 0.647. The highest BCUT2D eigenvalue weighted by Crippen LogP contribution is 2.31. The van der Waals surface area contributed by atoms with Crippen molar-refractivity contribution >= 4 is 17.6 Å². The Morgan fingerprint density at radius 3 is 2.10 bits per heavy atom. The van der Waals surface area contributed by atoms with Crippen molar-refractivity contribution in [3.63, 3.8) is 0 Å². The second-order valence-corrected chi connectivity index (χ2v) is 7.78. The minimum atomic E-state index is -0.393. The lowest BCUT2D eigenvalue weighted by atomic mass is 9.88. The second kappa shape index (κ2) is 9.62. The summed E-state index contributed by atoms with van der Waals surface area (Å²) in [6.07, 6.45) is -0.393. The summed E-state index contributed by atoms with van der Waals surface area (Å²) in [4.78, 5) is 12.9. The van der Waals surface area contributed by atoms with E-state index in [1.54, 1.807) is 12.1 Å². The first kappa shape index (κ1) is 20.9. The standard InChI is InChI=1S/C25H25ClO3/c1-17(2)24(19-12-14-21(26)15-13-19)25(27)28-18(3)20-8-7-11-23(16-20)29-22-9-5-4-6-10-22/h4-18,24H,1-3H3. The first-order valence-corrected chi connectivity index (χ1v) is 10.1. The van der Waals surface area contributed by atoms with Crippen molar-refractivity contribution in [3.05, 3.63) is 95.0 Å². The van der Waals surface area contributed by atoms with Crippen LogP contribution in [0.3, 0.4) is 0 Å². The van der Waals surface area contributed by atoms with Crippen molar-refractivity contribution in [2.45, 2.75) is 32.8 Å². The summed E-state index contributed by atoms with van der Waals surface area (Å²) in [6.45, 7) is 5.90. The Kier molecular flexibility index (Phi) is 6.95. The van der Waals surface area contributed by atoms with Crippen LogP contribution < -0.4 is 4.74 Å². The summed E-state index contributed by atoms with van der Waals surface area (Å²) >= 11 is 5.98. The maximum atomic E-state index is 12.9. The summed E-state index contributed by atoms with van der Waals surface area (Å²) in [6, 6.07) is 24.6. The molecule has 0 aliphatic rings. The van der Waals surface area contributed by atoms with Crippen LogP contribution in [0.2, 0.25) is 5.02 Å². The fraction of sp³-hybridized carbons (Fsp3) is 0.240. The molecule has 0 radical (unpaired) electrons. The van der Waals surface area contributed by atoms with Gasteiger partial charge in [-0.05, 0) is 60.4 Å². The Bertz CT molecular complexity index is 936. The van der Waals surface area contributed by atoms with E-state index < -0.39 is 6.10 Å². The monoisotopic (exact) mass is 408 g/mol. The van der Waals surface area contributed by atoms with Gasteiger partial charge in [-0.25, -0.2) is 0 Å². The van der Waals surface area contributed by atoms with Gasteiger partial charge in [0.1, 0.15) is 17.6 Å². The van der Waals surface area contributed by atoms with E-state index in [1.807, 2.05) is 87.5 Å². The average molecular weight is 409 g/mol. The van der Waals surface area contributed by atoms with Crippen molar-refractivity contribution in [1.29, 1.82) is 0 Å². The van der Waals surface area contributed by atoms with Crippen molar-refractivity contribution < 1.29 is 14.3 Å². The minimum absolute atomic E-state index is 0.101.